The van der Waals surface area contributed by atoms with Gasteiger partial charge < -0.3 is 9.90 Å². The fraction of sp³-hybridized carbons (Fsp3) is 0.381. The van der Waals surface area contributed by atoms with Crippen molar-refractivity contribution in [1.82, 2.24) is 0 Å². The van der Waals surface area contributed by atoms with Crippen molar-refractivity contribution in [1.29, 1.82) is 0 Å². The molecule has 2 aromatic carbocycles. The van der Waals surface area contributed by atoms with Gasteiger partial charge in [0.2, 0.25) is 0 Å². The summed E-state index contributed by atoms with van der Waals surface area (Å²) in [7, 11) is 0. The van der Waals surface area contributed by atoms with Crippen LogP contribution in [0.4, 0.5) is 0 Å². The van der Waals surface area contributed by atoms with Crippen molar-refractivity contribution in [3.63, 3.8) is 0 Å². The Kier molecular flexibility index (Phi) is 12.5. The summed E-state index contributed by atoms with van der Waals surface area (Å²) in [6.07, 6.45) is 2.21. The Morgan fingerprint density at radius 3 is 1.62 bits per heavy atom. The summed E-state index contributed by atoms with van der Waals surface area (Å²) in [5.41, 5.74) is 2.54. The number of aliphatic hydroxyl groups excluding tert-OH is 1. The van der Waals surface area contributed by atoms with Crippen molar-refractivity contribution in [3.8, 4) is 0 Å². The van der Waals surface area contributed by atoms with Crippen molar-refractivity contribution in [2.75, 3.05) is 0 Å². The quantitative estimate of drug-likeness (QED) is 0.472. The van der Waals surface area contributed by atoms with E-state index in [2.05, 4.69) is 26.0 Å². The summed E-state index contributed by atoms with van der Waals surface area (Å²) < 4.78 is 0. The van der Waals surface area contributed by atoms with Gasteiger partial charge in [-0.15, -0.1) is 24.0 Å². The van der Waals surface area contributed by atoms with Crippen LogP contribution >= 0.6 is 24.0 Å². The minimum atomic E-state index is -0.208. The predicted molar refractivity (Wildman–Crippen MR) is 112 cm³/mol. The fourth-order valence-electron chi connectivity index (χ4n) is 2.49. The molecule has 132 valence electrons. The molecule has 2 rings (SSSR count). The third-order valence-corrected chi connectivity index (χ3v) is 3.88. The molecule has 0 heterocycles. The predicted octanol–water partition coefficient (Wildman–Crippen LogP) is 5.56. The summed E-state index contributed by atoms with van der Waals surface area (Å²) in [4.78, 5) is 10.2. The zero-order chi connectivity index (χ0) is 17.1. The molecule has 0 saturated carbocycles. The lowest BCUT2D eigenvalue weighted by atomic mass is 9.96. The second-order valence-electron chi connectivity index (χ2n) is 6.11. The van der Waals surface area contributed by atoms with E-state index in [0.717, 1.165) is 12.7 Å². The molecule has 24 heavy (non-hydrogen) atoms. The van der Waals surface area contributed by atoms with Crippen LogP contribution in [0.25, 0.3) is 0 Å². The number of carbonyl (C=O) groups is 1. The molecule has 0 spiro atoms. The molecule has 0 aliphatic carbocycles. The molecule has 0 bridgehead atoms. The zero-order valence-electron chi connectivity index (χ0n) is 14.8. The maximum atomic E-state index is 10.2. The molecule has 3 heteroatoms. The van der Waals surface area contributed by atoms with E-state index in [9.17, 15) is 9.90 Å². The third-order valence-electron chi connectivity index (χ3n) is 3.88. The molecule has 2 nitrogen and oxygen atoms in total. The largest absolute Gasteiger partial charge is 0.393 e. The number of hydrogen-bond acceptors (Lipinski definition) is 2. The Morgan fingerprint density at radius 1 is 0.833 bits per heavy atom. The van der Waals surface area contributed by atoms with Gasteiger partial charge in [-0.3, -0.25) is 0 Å². The first kappa shape index (κ1) is 22.8. The van der Waals surface area contributed by atoms with E-state index in [-0.39, 0.29) is 30.1 Å². The molecule has 1 N–H and O–H groups in total. The number of hydrogen-bond donors (Lipinski definition) is 1. The monoisotopic (exact) mass is 440 g/mol. The molecule has 0 aliphatic rings. The molecule has 0 amide bonds. The molecular weight excluding hydrogens is 411 g/mol. The highest BCUT2D eigenvalue weighted by atomic mass is 127. The van der Waals surface area contributed by atoms with E-state index in [1.54, 1.807) is 0 Å². The fourth-order valence-corrected chi connectivity index (χ4v) is 2.49. The van der Waals surface area contributed by atoms with Crippen LogP contribution in [0.1, 0.15) is 56.6 Å². The van der Waals surface area contributed by atoms with Crippen LogP contribution in [0.15, 0.2) is 60.7 Å². The van der Waals surface area contributed by atoms with Crippen molar-refractivity contribution in [3.05, 3.63) is 71.8 Å². The molecule has 0 fully saturated rings. The summed E-state index contributed by atoms with van der Waals surface area (Å²) >= 11 is 0. The minimum Gasteiger partial charge on any atom is -0.393 e. The average molecular weight is 440 g/mol. The van der Waals surface area contributed by atoms with Crippen LogP contribution in [-0.4, -0.2) is 17.5 Å². The van der Waals surface area contributed by atoms with Crippen LogP contribution < -0.4 is 0 Å². The number of aliphatic hydroxyl groups is 1. The smallest absolute Gasteiger partial charge is 0.120 e. The summed E-state index contributed by atoms with van der Waals surface area (Å²) in [5.74, 6) is 0.805. The van der Waals surface area contributed by atoms with Gasteiger partial charge >= 0.3 is 0 Å². The molecule has 2 aromatic rings. The van der Waals surface area contributed by atoms with E-state index in [4.69, 9.17) is 0 Å². The lowest BCUT2D eigenvalue weighted by Crippen LogP contribution is -2.05. The lowest BCUT2D eigenvalue weighted by Gasteiger charge is -2.12. The minimum absolute atomic E-state index is 0. The van der Waals surface area contributed by atoms with Crippen molar-refractivity contribution in [2.24, 2.45) is 0 Å². The molecule has 0 radical (unpaired) electrons. The van der Waals surface area contributed by atoms with Gasteiger partial charge in [-0.1, -0.05) is 74.5 Å². The highest BCUT2D eigenvalue weighted by Crippen LogP contribution is 2.19. The van der Waals surface area contributed by atoms with E-state index in [1.165, 1.54) is 11.1 Å². The van der Waals surface area contributed by atoms with Crippen molar-refractivity contribution in [2.45, 2.75) is 51.6 Å². The van der Waals surface area contributed by atoms with E-state index in [1.807, 2.05) is 55.5 Å². The summed E-state index contributed by atoms with van der Waals surface area (Å²) in [6, 6.07) is 20.4. The number of aldehydes is 1. The molecule has 0 aromatic heterocycles. The normalized spacial score (nSPS) is 13.5. The second kappa shape index (κ2) is 13.1. The molecule has 3 atom stereocenters. The van der Waals surface area contributed by atoms with Gasteiger partial charge in [0.1, 0.15) is 6.29 Å². The molecule has 0 saturated heterocycles. The van der Waals surface area contributed by atoms with Crippen LogP contribution in [0.5, 0.6) is 0 Å². The number of rotatable bonds is 6. The van der Waals surface area contributed by atoms with Crippen LogP contribution in [-0.2, 0) is 4.79 Å². The topological polar surface area (TPSA) is 37.3 Å². The zero-order valence-corrected chi connectivity index (χ0v) is 17.1. The van der Waals surface area contributed by atoms with Gasteiger partial charge in [-0.05, 0) is 36.3 Å². The second-order valence-corrected chi connectivity index (χ2v) is 6.11. The SMILES string of the molecule is CC(CC=O)c1ccccc1.CC(O)CC(C)c1ccccc1.I. The standard InChI is InChI=1S/C11H16O.C10H12O.HI/c1-9(8-10(2)12)11-6-4-3-5-7-11;1-9(7-8-11)10-5-3-2-4-6-10;/h3-7,9-10,12H,8H2,1-2H3;2-6,8-9H,7H2,1H3;1H. The Bertz CT molecular complexity index is 540. The van der Waals surface area contributed by atoms with Gasteiger partial charge in [-0.25, -0.2) is 0 Å². The van der Waals surface area contributed by atoms with Crippen LogP contribution in [0, 0.1) is 0 Å². The lowest BCUT2D eigenvalue weighted by molar-refractivity contribution is -0.108. The Morgan fingerprint density at radius 2 is 1.25 bits per heavy atom. The number of benzene rings is 2. The first-order chi connectivity index (χ1) is 11.0. The maximum absolute atomic E-state index is 10.2. The van der Waals surface area contributed by atoms with Crippen LogP contribution in [0.3, 0.4) is 0 Å². The van der Waals surface area contributed by atoms with Crippen molar-refractivity contribution >= 4 is 30.3 Å². The Labute approximate surface area is 163 Å². The van der Waals surface area contributed by atoms with E-state index >= 15 is 0 Å². The highest BCUT2D eigenvalue weighted by molar-refractivity contribution is 14.0. The first-order valence-electron chi connectivity index (χ1n) is 8.26. The highest BCUT2D eigenvalue weighted by Gasteiger charge is 2.07. The van der Waals surface area contributed by atoms with Crippen molar-refractivity contribution < 1.29 is 9.90 Å². The summed E-state index contributed by atoms with van der Waals surface area (Å²) in [5, 5.41) is 9.18. The maximum Gasteiger partial charge on any atom is 0.120 e. The van der Waals surface area contributed by atoms with Gasteiger partial charge in [0.15, 0.2) is 0 Å². The molecule has 3 unspecified atom stereocenters. The first-order valence-corrected chi connectivity index (χ1v) is 8.26. The van der Waals surface area contributed by atoms with E-state index < -0.39 is 0 Å². The van der Waals surface area contributed by atoms with Gasteiger partial charge in [0, 0.05) is 6.42 Å². The Hall–Kier alpha value is -1.20. The van der Waals surface area contributed by atoms with Gasteiger partial charge in [0.05, 0.1) is 6.10 Å². The van der Waals surface area contributed by atoms with Gasteiger partial charge in [-0.2, -0.15) is 0 Å². The summed E-state index contributed by atoms with van der Waals surface area (Å²) in [6.45, 7) is 6.03. The number of carbonyl (C=O) groups excluding carboxylic acids is 1. The van der Waals surface area contributed by atoms with Crippen LogP contribution in [0.2, 0.25) is 0 Å². The number of halogens is 1. The Balaban J connectivity index is 0.000000425. The average Bonchev–Trinajstić information content (AvgIpc) is 2.57. The third kappa shape index (κ3) is 9.18. The molecular formula is C21H29IO2. The van der Waals surface area contributed by atoms with Gasteiger partial charge in [0.25, 0.3) is 0 Å². The molecule has 0 aliphatic heterocycles. The van der Waals surface area contributed by atoms with E-state index in [0.29, 0.717) is 18.3 Å².